The summed E-state index contributed by atoms with van der Waals surface area (Å²) in [6.45, 7) is 0.152. The Kier molecular flexibility index (Phi) is 4.90. The van der Waals surface area contributed by atoms with Crippen molar-refractivity contribution in [2.24, 2.45) is 0 Å². The molecule has 0 spiro atoms. The Morgan fingerprint density at radius 1 is 1.18 bits per heavy atom. The molecule has 3 aromatic rings. The predicted octanol–water partition coefficient (Wildman–Crippen LogP) is 2.31. The van der Waals surface area contributed by atoms with Crippen molar-refractivity contribution in [3.8, 4) is 16.3 Å². The van der Waals surface area contributed by atoms with Gasteiger partial charge < -0.3 is 10.1 Å². The van der Waals surface area contributed by atoms with Crippen LogP contribution in [0.2, 0.25) is 0 Å². The topological polar surface area (TPSA) is 93.5 Å². The highest BCUT2D eigenvalue weighted by Crippen LogP contribution is 2.28. The third-order valence-electron chi connectivity index (χ3n) is 4.19. The third-order valence-corrected chi connectivity index (χ3v) is 5.07. The number of carbonyl (C=O) groups is 3. The summed E-state index contributed by atoms with van der Waals surface area (Å²) in [6, 6.07) is 12.6. The monoisotopic (exact) mass is 396 g/mol. The molecule has 3 amide bonds. The summed E-state index contributed by atoms with van der Waals surface area (Å²) < 4.78 is 6.78. The highest BCUT2D eigenvalue weighted by Gasteiger charge is 2.28. The van der Waals surface area contributed by atoms with Crippen molar-refractivity contribution in [2.75, 3.05) is 19.7 Å². The Morgan fingerprint density at radius 3 is 2.68 bits per heavy atom. The van der Waals surface area contributed by atoms with E-state index in [4.69, 9.17) is 4.74 Å². The third kappa shape index (κ3) is 3.52. The molecule has 1 aliphatic rings. The van der Waals surface area contributed by atoms with E-state index in [9.17, 15) is 14.4 Å². The molecule has 1 aromatic carbocycles. The Morgan fingerprint density at radius 2 is 2.00 bits per heavy atom. The van der Waals surface area contributed by atoms with Crippen LogP contribution in [0.15, 0.2) is 54.0 Å². The molecule has 0 atom stereocenters. The molecule has 0 bridgehead atoms. The Balaban J connectivity index is 1.57. The van der Waals surface area contributed by atoms with E-state index in [1.165, 1.54) is 11.3 Å². The quantitative estimate of drug-likeness (QED) is 0.668. The lowest BCUT2D eigenvalue weighted by atomic mass is 10.2. The van der Waals surface area contributed by atoms with Crippen LogP contribution in [0.25, 0.3) is 16.3 Å². The van der Waals surface area contributed by atoms with Gasteiger partial charge in [-0.15, -0.1) is 11.3 Å². The number of ether oxygens (including phenoxy) is 1. The number of urea groups is 1. The molecule has 0 aliphatic carbocycles. The number of aromatic nitrogens is 2. The van der Waals surface area contributed by atoms with Gasteiger partial charge in [0, 0.05) is 19.3 Å². The summed E-state index contributed by atoms with van der Waals surface area (Å²) in [6.07, 6.45) is 1.58. The van der Waals surface area contributed by atoms with Crippen molar-refractivity contribution in [2.45, 2.75) is 0 Å². The number of esters is 1. The molecule has 1 fully saturated rings. The number of hydrogen-bond acceptors (Lipinski definition) is 6. The van der Waals surface area contributed by atoms with Gasteiger partial charge in [0.05, 0.1) is 10.6 Å². The summed E-state index contributed by atoms with van der Waals surface area (Å²) in [5, 5.41) is 8.95. The van der Waals surface area contributed by atoms with Crippen molar-refractivity contribution < 1.29 is 19.1 Å². The molecule has 28 heavy (non-hydrogen) atoms. The van der Waals surface area contributed by atoms with Gasteiger partial charge in [-0.2, -0.15) is 5.10 Å². The van der Waals surface area contributed by atoms with Gasteiger partial charge in [0.25, 0.3) is 5.91 Å². The number of imide groups is 1. The number of carbonyl (C=O) groups excluding carboxylic acids is 3. The number of rotatable bonds is 5. The maximum absolute atomic E-state index is 12.7. The van der Waals surface area contributed by atoms with Crippen molar-refractivity contribution >= 4 is 29.2 Å². The molecule has 3 heterocycles. The first-order valence-electron chi connectivity index (χ1n) is 8.58. The van der Waals surface area contributed by atoms with Gasteiger partial charge in [-0.25, -0.2) is 14.3 Å². The minimum Gasteiger partial charge on any atom is -0.452 e. The van der Waals surface area contributed by atoms with Gasteiger partial charge in [-0.1, -0.05) is 24.3 Å². The van der Waals surface area contributed by atoms with Crippen LogP contribution >= 0.6 is 11.3 Å². The van der Waals surface area contributed by atoms with E-state index in [0.717, 1.165) is 15.5 Å². The van der Waals surface area contributed by atoms with Gasteiger partial charge in [-0.05, 0) is 23.6 Å². The van der Waals surface area contributed by atoms with E-state index in [2.05, 4.69) is 10.4 Å². The molecule has 9 heteroatoms. The summed E-state index contributed by atoms with van der Waals surface area (Å²) >= 11 is 1.45. The Hall–Kier alpha value is -3.46. The molecule has 4 rings (SSSR count). The predicted molar refractivity (Wildman–Crippen MR) is 102 cm³/mol. The zero-order valence-corrected chi connectivity index (χ0v) is 15.5. The van der Waals surface area contributed by atoms with E-state index in [-0.39, 0.29) is 12.1 Å². The van der Waals surface area contributed by atoms with Crippen LogP contribution in [-0.2, 0) is 9.53 Å². The number of hydrogen-bond donors (Lipinski definition) is 1. The zero-order chi connectivity index (χ0) is 19.5. The first kappa shape index (κ1) is 17.9. The lowest BCUT2D eigenvalue weighted by Gasteiger charge is -2.11. The van der Waals surface area contributed by atoms with E-state index in [1.807, 2.05) is 47.8 Å². The number of nitrogens with one attached hydrogen (secondary N) is 1. The normalized spacial score (nSPS) is 13.4. The molecule has 1 saturated heterocycles. The standard InChI is InChI=1S/C19H16N4O4S/c24-16(22-9-8-20-19(22)26)12-27-18(25)14-11-23(13-5-2-1-3-6-13)21-17(14)15-7-4-10-28-15/h1-7,10-11H,8-9,12H2,(H,20,26). The maximum Gasteiger partial charge on any atom is 0.342 e. The molecular weight excluding hydrogens is 380 g/mol. The van der Waals surface area contributed by atoms with E-state index in [0.29, 0.717) is 12.2 Å². The number of thiophene rings is 1. The largest absolute Gasteiger partial charge is 0.452 e. The summed E-state index contributed by atoms with van der Waals surface area (Å²) in [4.78, 5) is 38.1. The van der Waals surface area contributed by atoms with Crippen LogP contribution in [0.3, 0.4) is 0 Å². The molecule has 8 nitrogen and oxygen atoms in total. The van der Waals surface area contributed by atoms with Gasteiger partial charge in [0.1, 0.15) is 11.3 Å². The molecule has 0 saturated carbocycles. The number of nitrogens with zero attached hydrogens (tertiary/aromatic N) is 3. The molecule has 0 unspecified atom stereocenters. The summed E-state index contributed by atoms with van der Waals surface area (Å²) in [5.41, 5.74) is 1.53. The second-order valence-corrected chi connectivity index (χ2v) is 6.95. The lowest BCUT2D eigenvalue weighted by molar-refractivity contribution is -0.130. The average molecular weight is 396 g/mol. The highest BCUT2D eigenvalue weighted by atomic mass is 32.1. The molecule has 2 aromatic heterocycles. The Bertz CT molecular complexity index is 1010. The number of para-hydroxylation sites is 1. The average Bonchev–Trinajstić information content (AvgIpc) is 3.46. The molecule has 0 radical (unpaired) electrons. The van der Waals surface area contributed by atoms with Crippen LogP contribution in [0.1, 0.15) is 10.4 Å². The molecule has 142 valence electrons. The maximum atomic E-state index is 12.7. The SMILES string of the molecule is O=C(OCC(=O)N1CCNC1=O)c1cn(-c2ccccc2)nc1-c1cccs1. The van der Waals surface area contributed by atoms with Crippen LogP contribution in [0.4, 0.5) is 4.79 Å². The van der Waals surface area contributed by atoms with Crippen LogP contribution < -0.4 is 5.32 Å². The van der Waals surface area contributed by atoms with Gasteiger partial charge in [-0.3, -0.25) is 9.69 Å². The fraction of sp³-hybridized carbons (Fsp3) is 0.158. The Labute approximate surface area is 164 Å². The number of amides is 3. The minimum absolute atomic E-state index is 0.255. The first-order valence-corrected chi connectivity index (χ1v) is 9.46. The number of benzene rings is 1. The fourth-order valence-electron chi connectivity index (χ4n) is 2.82. The van der Waals surface area contributed by atoms with Crippen LogP contribution in [0, 0.1) is 0 Å². The zero-order valence-electron chi connectivity index (χ0n) is 14.7. The van der Waals surface area contributed by atoms with Gasteiger partial charge >= 0.3 is 12.0 Å². The molecular formula is C19H16N4O4S. The summed E-state index contributed by atoms with van der Waals surface area (Å²) in [7, 11) is 0. The van der Waals surface area contributed by atoms with E-state index < -0.39 is 24.5 Å². The van der Waals surface area contributed by atoms with Gasteiger partial charge in [0.2, 0.25) is 0 Å². The van der Waals surface area contributed by atoms with Gasteiger partial charge in [0.15, 0.2) is 6.61 Å². The molecule has 1 N–H and O–H groups in total. The van der Waals surface area contributed by atoms with Crippen molar-refractivity contribution in [3.63, 3.8) is 0 Å². The fourth-order valence-corrected chi connectivity index (χ4v) is 3.55. The second-order valence-electron chi connectivity index (χ2n) is 6.00. The second kappa shape index (κ2) is 7.65. The van der Waals surface area contributed by atoms with E-state index in [1.54, 1.807) is 10.9 Å². The first-order chi connectivity index (χ1) is 13.6. The summed E-state index contributed by atoms with van der Waals surface area (Å²) in [5.74, 6) is -1.23. The minimum atomic E-state index is -0.668. The van der Waals surface area contributed by atoms with Crippen LogP contribution in [0.5, 0.6) is 0 Å². The van der Waals surface area contributed by atoms with Crippen molar-refractivity contribution in [3.05, 3.63) is 59.6 Å². The van der Waals surface area contributed by atoms with Crippen molar-refractivity contribution in [1.29, 1.82) is 0 Å². The smallest absolute Gasteiger partial charge is 0.342 e. The van der Waals surface area contributed by atoms with E-state index >= 15 is 0 Å². The molecule has 1 aliphatic heterocycles. The van der Waals surface area contributed by atoms with Crippen LogP contribution in [-0.4, -0.2) is 52.3 Å². The van der Waals surface area contributed by atoms with Crippen molar-refractivity contribution in [1.82, 2.24) is 20.0 Å². The highest BCUT2D eigenvalue weighted by molar-refractivity contribution is 7.13. The lowest BCUT2D eigenvalue weighted by Crippen LogP contribution is -2.37.